The minimum Gasteiger partial charge on any atom is -0.491 e. The van der Waals surface area contributed by atoms with Crippen molar-refractivity contribution in [3.05, 3.63) is 58.8 Å². The van der Waals surface area contributed by atoms with Gasteiger partial charge in [-0.2, -0.15) is 5.10 Å². The molecule has 0 amide bonds. The molecule has 214 valence electrons. The highest BCUT2D eigenvalue weighted by atomic mass is 35.5. The van der Waals surface area contributed by atoms with Crippen molar-refractivity contribution in [3.63, 3.8) is 0 Å². The molecule has 2 saturated heterocycles. The molecular formula is C27H33ClF2N8O2. The van der Waals surface area contributed by atoms with Gasteiger partial charge in [-0.15, -0.1) is 5.10 Å². The Kier molecular flexibility index (Phi) is 8.89. The summed E-state index contributed by atoms with van der Waals surface area (Å²) in [5, 5.41) is 16.5. The van der Waals surface area contributed by atoms with Crippen molar-refractivity contribution in [2.75, 3.05) is 47.0 Å². The number of nitrogens with zero attached hydrogens (tertiary/aromatic N) is 7. The second kappa shape index (κ2) is 12.5. The van der Waals surface area contributed by atoms with E-state index in [2.05, 4.69) is 30.6 Å². The summed E-state index contributed by atoms with van der Waals surface area (Å²) in [4.78, 5) is 6.32. The van der Waals surface area contributed by atoms with E-state index in [1.807, 2.05) is 38.0 Å². The fraction of sp³-hybridized carbons (Fsp3) is 0.481. The number of aromatic nitrogens is 6. The molecule has 1 N–H and O–H groups in total. The van der Waals surface area contributed by atoms with Gasteiger partial charge in [0.1, 0.15) is 28.6 Å². The molecule has 0 spiro atoms. The molecule has 2 aliphatic rings. The van der Waals surface area contributed by atoms with Crippen LogP contribution in [0.4, 0.5) is 8.78 Å². The number of rotatable bonds is 7. The van der Waals surface area contributed by atoms with Crippen molar-refractivity contribution in [1.29, 1.82) is 0 Å². The van der Waals surface area contributed by atoms with Crippen LogP contribution in [-0.4, -0.2) is 87.5 Å². The van der Waals surface area contributed by atoms with Gasteiger partial charge in [0.05, 0.1) is 60.7 Å². The first-order chi connectivity index (χ1) is 19.4. The number of hydrogen-bond acceptors (Lipinski definition) is 8. The molecule has 0 saturated carbocycles. The van der Waals surface area contributed by atoms with Crippen LogP contribution in [-0.2, 0) is 11.2 Å². The number of nitrogens with one attached hydrogen (secondary N) is 1. The molecule has 0 radical (unpaired) electrons. The van der Waals surface area contributed by atoms with Crippen LogP contribution in [0, 0.1) is 18.6 Å². The van der Waals surface area contributed by atoms with Crippen LogP contribution < -0.4 is 10.1 Å². The summed E-state index contributed by atoms with van der Waals surface area (Å²) < 4.78 is 42.2. The van der Waals surface area contributed by atoms with Crippen molar-refractivity contribution in [2.45, 2.75) is 38.3 Å². The van der Waals surface area contributed by atoms with Crippen LogP contribution in [0.15, 0.2) is 30.7 Å². The van der Waals surface area contributed by atoms with Gasteiger partial charge >= 0.3 is 0 Å². The second-order valence-electron chi connectivity index (χ2n) is 9.99. The summed E-state index contributed by atoms with van der Waals surface area (Å²) in [6, 6.07) is 3.50. The number of fused-ring (bicyclic) bond motifs is 1. The minimum absolute atomic E-state index is 0.118. The summed E-state index contributed by atoms with van der Waals surface area (Å²) in [5.41, 5.74) is 3.20. The summed E-state index contributed by atoms with van der Waals surface area (Å²) in [5.74, 6) is -0.943. The average molecular weight is 575 g/mol. The van der Waals surface area contributed by atoms with Crippen LogP contribution in [0.25, 0.3) is 16.8 Å². The largest absolute Gasteiger partial charge is 0.491 e. The van der Waals surface area contributed by atoms with Gasteiger partial charge in [0, 0.05) is 37.3 Å². The fourth-order valence-corrected chi connectivity index (χ4v) is 5.28. The maximum Gasteiger partial charge on any atom is 0.147 e. The Morgan fingerprint density at radius 1 is 1.12 bits per heavy atom. The van der Waals surface area contributed by atoms with Gasteiger partial charge in [-0.1, -0.05) is 16.8 Å². The number of halogens is 3. The number of ether oxygens (including phenoxy) is 2. The molecule has 6 rings (SSSR count). The summed E-state index contributed by atoms with van der Waals surface area (Å²) in [6.07, 6.45) is 6.56. The Balaban J connectivity index is 0.00000103. The molecule has 10 nitrogen and oxygen atoms in total. The maximum atomic E-state index is 14.0. The first kappa shape index (κ1) is 28.3. The third-order valence-electron chi connectivity index (χ3n) is 7.20. The third-order valence-corrected chi connectivity index (χ3v) is 7.47. The Bertz CT molecular complexity index is 1450. The van der Waals surface area contributed by atoms with Gasteiger partial charge in [0.2, 0.25) is 0 Å². The third kappa shape index (κ3) is 5.95. The topological polar surface area (TPSA) is 94.6 Å². The van der Waals surface area contributed by atoms with Crippen LogP contribution in [0.5, 0.6) is 5.75 Å². The molecule has 2 fully saturated rings. The van der Waals surface area contributed by atoms with Crippen LogP contribution in [0.2, 0.25) is 5.02 Å². The molecule has 0 bridgehead atoms. The van der Waals surface area contributed by atoms with E-state index in [4.69, 9.17) is 21.1 Å². The predicted molar refractivity (Wildman–Crippen MR) is 147 cm³/mol. The highest BCUT2D eigenvalue weighted by Gasteiger charge is 2.31. The molecule has 2 aliphatic heterocycles. The highest BCUT2D eigenvalue weighted by molar-refractivity contribution is 6.34. The van der Waals surface area contributed by atoms with Gasteiger partial charge < -0.3 is 14.8 Å². The van der Waals surface area contributed by atoms with E-state index in [1.54, 1.807) is 10.7 Å². The molecule has 13 heteroatoms. The molecular weight excluding hydrogens is 542 g/mol. The van der Waals surface area contributed by atoms with E-state index >= 15 is 0 Å². The zero-order valence-electron chi connectivity index (χ0n) is 22.8. The van der Waals surface area contributed by atoms with Crippen molar-refractivity contribution in [2.24, 2.45) is 0 Å². The molecule has 0 aliphatic carbocycles. The Morgan fingerprint density at radius 3 is 2.55 bits per heavy atom. The van der Waals surface area contributed by atoms with Crippen molar-refractivity contribution in [3.8, 4) is 17.0 Å². The molecule has 4 aromatic rings. The monoisotopic (exact) mass is 574 g/mol. The second-order valence-corrected chi connectivity index (χ2v) is 10.4. The average Bonchev–Trinajstić information content (AvgIpc) is 3.47. The summed E-state index contributed by atoms with van der Waals surface area (Å²) in [6.45, 7) is 5.84. The lowest BCUT2D eigenvalue weighted by atomic mass is 10.0. The van der Waals surface area contributed by atoms with Crippen LogP contribution in [0.1, 0.15) is 30.3 Å². The quantitative estimate of drug-likeness (QED) is 0.357. The molecule has 40 heavy (non-hydrogen) atoms. The fourth-order valence-electron chi connectivity index (χ4n) is 5.06. The normalized spacial score (nSPS) is 16.6. The zero-order chi connectivity index (χ0) is 28.2. The first-order valence-electron chi connectivity index (χ1n) is 13.3. The van der Waals surface area contributed by atoms with E-state index in [-0.39, 0.29) is 24.8 Å². The van der Waals surface area contributed by atoms with Crippen molar-refractivity contribution in [1.82, 2.24) is 39.8 Å². The van der Waals surface area contributed by atoms with E-state index in [0.29, 0.717) is 22.3 Å². The van der Waals surface area contributed by atoms with Crippen LogP contribution in [0.3, 0.4) is 0 Å². The molecule has 4 aromatic heterocycles. The highest BCUT2D eigenvalue weighted by Crippen LogP contribution is 2.34. The molecule has 0 atom stereocenters. The van der Waals surface area contributed by atoms with Gasteiger partial charge in [-0.05, 0) is 39.9 Å². The molecule has 0 aromatic carbocycles. The van der Waals surface area contributed by atoms with Gasteiger partial charge in [0.25, 0.3) is 0 Å². The van der Waals surface area contributed by atoms with Crippen LogP contribution >= 0.6 is 11.6 Å². The predicted octanol–water partition coefficient (Wildman–Crippen LogP) is 3.72. The standard InChI is InChI=1S/C25H26ClF2N7O2.C2H7N/c1-15-24(31-32-35(15)18-2-5-33(6-3-18)19-13-36-14-19)16-8-23(25-20(26)11-30-34(25)12-16)37-7-4-22-21(28)9-17(27)10-29-22;1-3-2/h8-12,18-19H,2-7,13-14H2,1H3;3H,1-2H3. The number of likely N-dealkylation sites (tertiary alicyclic amines) is 1. The van der Waals surface area contributed by atoms with E-state index in [0.717, 1.165) is 68.4 Å². The minimum atomic E-state index is -0.718. The summed E-state index contributed by atoms with van der Waals surface area (Å²) >= 11 is 6.38. The van der Waals surface area contributed by atoms with Crippen molar-refractivity contribution >= 4 is 17.1 Å². The van der Waals surface area contributed by atoms with E-state index < -0.39 is 11.6 Å². The SMILES string of the molecule is CNC.Cc1c(-c2cc(OCCc3ncc(F)cc3F)c3c(Cl)cnn3c2)nnn1C1CCN(C2COC2)CC1. The van der Waals surface area contributed by atoms with Gasteiger partial charge in [0.15, 0.2) is 0 Å². The smallest absolute Gasteiger partial charge is 0.147 e. The lowest BCUT2D eigenvalue weighted by Crippen LogP contribution is -2.52. The Labute approximate surface area is 236 Å². The van der Waals surface area contributed by atoms with Gasteiger partial charge in [-0.25, -0.2) is 18.0 Å². The van der Waals surface area contributed by atoms with E-state index in [1.165, 1.54) is 0 Å². The Morgan fingerprint density at radius 2 is 1.88 bits per heavy atom. The molecule has 0 unspecified atom stereocenters. The Hall–Kier alpha value is -3.19. The maximum absolute atomic E-state index is 14.0. The van der Waals surface area contributed by atoms with Gasteiger partial charge in [-0.3, -0.25) is 9.88 Å². The lowest BCUT2D eigenvalue weighted by Gasteiger charge is -2.41. The zero-order valence-corrected chi connectivity index (χ0v) is 23.5. The first-order valence-corrected chi connectivity index (χ1v) is 13.7. The number of piperidine rings is 1. The molecule has 6 heterocycles. The lowest BCUT2D eigenvalue weighted by molar-refractivity contribution is -0.0735. The summed E-state index contributed by atoms with van der Waals surface area (Å²) in [7, 11) is 3.75. The number of hydrogen-bond donors (Lipinski definition) is 1. The van der Waals surface area contributed by atoms with Crippen molar-refractivity contribution < 1.29 is 18.3 Å². The van der Waals surface area contributed by atoms with E-state index in [9.17, 15) is 8.78 Å². The number of pyridine rings is 2.